The zero-order chi connectivity index (χ0) is 10.4. The highest BCUT2D eigenvalue weighted by atomic mass is 16.7. The van der Waals surface area contributed by atoms with Crippen LogP contribution in [0.3, 0.4) is 0 Å². The summed E-state index contributed by atoms with van der Waals surface area (Å²) in [7, 11) is 0. The van der Waals surface area contributed by atoms with Crippen molar-refractivity contribution in [3.05, 3.63) is 35.9 Å². The molecule has 0 radical (unpaired) electrons. The Kier molecular flexibility index (Phi) is 3.82. The van der Waals surface area contributed by atoms with Crippen LogP contribution < -0.4 is 0 Å². The van der Waals surface area contributed by atoms with E-state index in [0.29, 0.717) is 17.0 Å². The average Bonchev–Trinajstić information content (AvgIpc) is 2.26. The summed E-state index contributed by atoms with van der Waals surface area (Å²) >= 11 is 0. The summed E-state index contributed by atoms with van der Waals surface area (Å²) < 4.78 is 0. The molecule has 74 valence electrons. The second kappa shape index (κ2) is 5.14. The summed E-state index contributed by atoms with van der Waals surface area (Å²) in [6, 6.07) is 8.49. The van der Waals surface area contributed by atoms with Gasteiger partial charge in [0.2, 0.25) is 6.41 Å². The molecule has 0 spiro atoms. The van der Waals surface area contributed by atoms with E-state index in [1.165, 1.54) is 0 Å². The first-order valence-corrected chi connectivity index (χ1v) is 4.26. The van der Waals surface area contributed by atoms with Crippen molar-refractivity contribution < 1.29 is 14.4 Å². The standard InChI is InChI=1S/C10H11NO3/c1-2-14-11(8-12)10(13)9-6-4-3-5-7-9/h3-8H,2H2,1H3. The van der Waals surface area contributed by atoms with Gasteiger partial charge in [-0.2, -0.15) is 5.06 Å². The maximum absolute atomic E-state index is 11.5. The lowest BCUT2D eigenvalue weighted by Gasteiger charge is -2.13. The number of imide groups is 1. The number of rotatable bonds is 4. The zero-order valence-electron chi connectivity index (χ0n) is 7.84. The smallest absolute Gasteiger partial charge is 0.276 e. The van der Waals surface area contributed by atoms with Gasteiger partial charge in [0.25, 0.3) is 5.91 Å². The monoisotopic (exact) mass is 193 g/mol. The van der Waals surface area contributed by atoms with Crippen LogP contribution in [0.25, 0.3) is 0 Å². The van der Waals surface area contributed by atoms with E-state index >= 15 is 0 Å². The van der Waals surface area contributed by atoms with Crippen LogP contribution in [0.4, 0.5) is 0 Å². The highest BCUT2D eigenvalue weighted by Crippen LogP contribution is 2.03. The fraction of sp³-hybridized carbons (Fsp3) is 0.200. The number of benzene rings is 1. The Labute approximate surface area is 82.0 Å². The molecule has 0 atom stereocenters. The third kappa shape index (κ3) is 2.40. The van der Waals surface area contributed by atoms with Crippen molar-refractivity contribution in [2.24, 2.45) is 0 Å². The van der Waals surface area contributed by atoms with Crippen LogP contribution in [-0.4, -0.2) is 24.0 Å². The molecule has 0 saturated heterocycles. The van der Waals surface area contributed by atoms with Gasteiger partial charge in [-0.3, -0.25) is 14.4 Å². The maximum Gasteiger partial charge on any atom is 0.284 e. The molecular weight excluding hydrogens is 182 g/mol. The minimum atomic E-state index is -0.456. The number of hydrogen-bond donors (Lipinski definition) is 0. The zero-order valence-corrected chi connectivity index (χ0v) is 7.84. The van der Waals surface area contributed by atoms with E-state index in [0.717, 1.165) is 0 Å². The topological polar surface area (TPSA) is 46.6 Å². The average molecular weight is 193 g/mol. The van der Waals surface area contributed by atoms with Crippen LogP contribution in [0.15, 0.2) is 30.3 Å². The van der Waals surface area contributed by atoms with Crippen LogP contribution in [0.1, 0.15) is 17.3 Å². The summed E-state index contributed by atoms with van der Waals surface area (Å²) in [5.74, 6) is -0.456. The van der Waals surface area contributed by atoms with E-state index in [-0.39, 0.29) is 6.61 Å². The van der Waals surface area contributed by atoms with Crippen LogP contribution in [-0.2, 0) is 9.63 Å². The number of carbonyl (C=O) groups is 2. The summed E-state index contributed by atoms with van der Waals surface area (Å²) in [4.78, 5) is 26.8. The molecule has 4 heteroatoms. The van der Waals surface area contributed by atoms with Crippen LogP contribution in [0.5, 0.6) is 0 Å². The fourth-order valence-electron chi connectivity index (χ4n) is 0.984. The van der Waals surface area contributed by atoms with E-state index < -0.39 is 5.91 Å². The predicted molar refractivity (Wildman–Crippen MR) is 50.3 cm³/mol. The van der Waals surface area contributed by atoms with Crippen molar-refractivity contribution in [2.75, 3.05) is 6.61 Å². The first kappa shape index (κ1) is 10.4. The summed E-state index contributed by atoms with van der Waals surface area (Å²) in [6.07, 6.45) is 0.360. The molecule has 0 saturated carbocycles. The van der Waals surface area contributed by atoms with E-state index in [9.17, 15) is 9.59 Å². The summed E-state index contributed by atoms with van der Waals surface area (Å²) in [6.45, 7) is 1.98. The molecule has 0 aromatic heterocycles. The van der Waals surface area contributed by atoms with Crippen molar-refractivity contribution in [1.82, 2.24) is 5.06 Å². The van der Waals surface area contributed by atoms with Gasteiger partial charge in [0.05, 0.1) is 6.61 Å². The molecule has 1 aromatic rings. The SMILES string of the molecule is CCON(C=O)C(=O)c1ccccc1. The minimum absolute atomic E-state index is 0.275. The number of nitrogens with zero attached hydrogens (tertiary/aromatic N) is 1. The number of amides is 2. The largest absolute Gasteiger partial charge is 0.284 e. The first-order valence-electron chi connectivity index (χ1n) is 4.26. The van der Waals surface area contributed by atoms with Crippen molar-refractivity contribution in [3.8, 4) is 0 Å². The van der Waals surface area contributed by atoms with Crippen LogP contribution in [0.2, 0.25) is 0 Å². The Bertz CT molecular complexity index is 310. The normalized spacial score (nSPS) is 9.50. The van der Waals surface area contributed by atoms with Crippen molar-refractivity contribution in [3.63, 3.8) is 0 Å². The molecule has 14 heavy (non-hydrogen) atoms. The quantitative estimate of drug-likeness (QED) is 0.533. The lowest BCUT2D eigenvalue weighted by atomic mass is 10.2. The molecule has 1 aromatic carbocycles. The highest BCUT2D eigenvalue weighted by molar-refractivity contribution is 5.98. The molecule has 1 rings (SSSR count). The van der Waals surface area contributed by atoms with E-state index in [1.807, 2.05) is 0 Å². The van der Waals surface area contributed by atoms with Crippen molar-refractivity contribution in [1.29, 1.82) is 0 Å². The van der Waals surface area contributed by atoms with Gasteiger partial charge in [-0.15, -0.1) is 0 Å². The molecule has 0 aliphatic heterocycles. The molecule has 4 nitrogen and oxygen atoms in total. The fourth-order valence-corrected chi connectivity index (χ4v) is 0.984. The third-order valence-electron chi connectivity index (χ3n) is 1.58. The molecule has 0 heterocycles. The van der Waals surface area contributed by atoms with Crippen molar-refractivity contribution >= 4 is 12.3 Å². The molecular formula is C10H11NO3. The van der Waals surface area contributed by atoms with Gasteiger partial charge in [-0.25, -0.2) is 0 Å². The Morgan fingerprint density at radius 1 is 1.43 bits per heavy atom. The van der Waals surface area contributed by atoms with Gasteiger partial charge in [-0.05, 0) is 19.1 Å². The van der Waals surface area contributed by atoms with Gasteiger partial charge >= 0.3 is 0 Å². The number of hydrogen-bond acceptors (Lipinski definition) is 3. The van der Waals surface area contributed by atoms with Gasteiger partial charge in [0, 0.05) is 5.56 Å². The Balaban J connectivity index is 2.78. The molecule has 0 aliphatic carbocycles. The van der Waals surface area contributed by atoms with Gasteiger partial charge < -0.3 is 0 Å². The van der Waals surface area contributed by atoms with Crippen molar-refractivity contribution in [2.45, 2.75) is 6.92 Å². The van der Waals surface area contributed by atoms with Gasteiger partial charge in [0.1, 0.15) is 0 Å². The van der Waals surface area contributed by atoms with Crippen LogP contribution >= 0.6 is 0 Å². The maximum atomic E-state index is 11.5. The third-order valence-corrected chi connectivity index (χ3v) is 1.58. The molecule has 0 N–H and O–H groups in total. The molecule has 2 amide bonds. The molecule has 0 aliphatic rings. The Hall–Kier alpha value is -1.68. The molecule has 0 bridgehead atoms. The Morgan fingerprint density at radius 2 is 2.07 bits per heavy atom. The number of carbonyl (C=O) groups excluding carboxylic acids is 2. The van der Waals surface area contributed by atoms with E-state index in [1.54, 1.807) is 37.3 Å². The first-order chi connectivity index (χ1) is 6.79. The lowest BCUT2D eigenvalue weighted by Crippen LogP contribution is -2.29. The van der Waals surface area contributed by atoms with Crippen LogP contribution in [0, 0.1) is 0 Å². The second-order valence-corrected chi connectivity index (χ2v) is 2.52. The van der Waals surface area contributed by atoms with E-state index in [2.05, 4.69) is 0 Å². The Morgan fingerprint density at radius 3 is 2.57 bits per heavy atom. The van der Waals surface area contributed by atoms with E-state index in [4.69, 9.17) is 4.84 Å². The molecule has 0 unspecified atom stereocenters. The summed E-state index contributed by atoms with van der Waals surface area (Å²) in [5.41, 5.74) is 0.424. The minimum Gasteiger partial charge on any atom is -0.276 e. The second-order valence-electron chi connectivity index (χ2n) is 2.52. The highest BCUT2D eigenvalue weighted by Gasteiger charge is 2.14. The predicted octanol–water partition coefficient (Wildman–Crippen LogP) is 1.24. The summed E-state index contributed by atoms with van der Waals surface area (Å²) in [5, 5.41) is 0.690. The van der Waals surface area contributed by atoms with Gasteiger partial charge in [0.15, 0.2) is 0 Å². The lowest BCUT2D eigenvalue weighted by molar-refractivity contribution is -0.153. The number of hydroxylamine groups is 2. The molecule has 0 fully saturated rings. The van der Waals surface area contributed by atoms with Gasteiger partial charge in [-0.1, -0.05) is 18.2 Å².